The number of aliphatic hydroxyl groups excluding tert-OH is 2. The van der Waals surface area contributed by atoms with Crippen LogP contribution in [0.15, 0.2) is 50.6 Å². The molecule has 3 N–H and O–H groups in total. The van der Waals surface area contributed by atoms with E-state index in [9.17, 15) is 15.3 Å². The van der Waals surface area contributed by atoms with Gasteiger partial charge in [0.25, 0.3) is 0 Å². The van der Waals surface area contributed by atoms with Gasteiger partial charge in [-0.05, 0) is 6.42 Å². The second-order valence-corrected chi connectivity index (χ2v) is 6.07. The van der Waals surface area contributed by atoms with Crippen molar-refractivity contribution in [1.29, 1.82) is 0 Å². The van der Waals surface area contributed by atoms with Crippen LogP contribution >= 0.6 is 0 Å². The molecule has 0 aromatic rings. The summed E-state index contributed by atoms with van der Waals surface area (Å²) in [4.78, 5) is 0. The molecule has 0 aromatic carbocycles. The lowest BCUT2D eigenvalue weighted by Crippen LogP contribution is -2.80. The quantitative estimate of drug-likeness (QED) is 0.487. The molecule has 1 fully saturated rings. The first-order valence-electron chi connectivity index (χ1n) is 8.20. The molecular formula is C19H30O6. The normalized spacial score (nSPS) is 38.1. The average Bonchev–Trinajstić information content (AvgIpc) is 2.60. The SMILES string of the molecule is C=CCO[C@@]1(CC=C)[C@@](CC=C)(OC)O[C@H](CO)[C@@H](O)[C@@]1(O)CC=C. The molecule has 25 heavy (non-hydrogen) atoms. The molecule has 0 saturated carbocycles. The summed E-state index contributed by atoms with van der Waals surface area (Å²) < 4.78 is 17.7. The Morgan fingerprint density at radius 1 is 1.04 bits per heavy atom. The summed E-state index contributed by atoms with van der Waals surface area (Å²) in [7, 11) is 1.42. The second kappa shape index (κ2) is 8.89. The first kappa shape index (κ1) is 21.8. The van der Waals surface area contributed by atoms with E-state index < -0.39 is 35.8 Å². The number of methoxy groups -OCH3 is 1. The van der Waals surface area contributed by atoms with Crippen LogP contribution in [0.25, 0.3) is 0 Å². The Hall–Kier alpha value is -1.28. The molecule has 0 bridgehead atoms. The summed E-state index contributed by atoms with van der Waals surface area (Å²) in [5, 5.41) is 32.0. The van der Waals surface area contributed by atoms with Crippen molar-refractivity contribution >= 4 is 0 Å². The summed E-state index contributed by atoms with van der Waals surface area (Å²) in [6.45, 7) is 14.4. The van der Waals surface area contributed by atoms with E-state index in [1.165, 1.54) is 19.3 Å². The summed E-state index contributed by atoms with van der Waals surface area (Å²) in [5.41, 5.74) is -3.38. The van der Waals surface area contributed by atoms with Crippen LogP contribution in [0, 0.1) is 0 Å². The minimum atomic E-state index is -1.85. The van der Waals surface area contributed by atoms with Crippen LogP contribution in [0.4, 0.5) is 0 Å². The average molecular weight is 354 g/mol. The molecule has 6 nitrogen and oxygen atoms in total. The van der Waals surface area contributed by atoms with Crippen LogP contribution in [0.1, 0.15) is 19.3 Å². The van der Waals surface area contributed by atoms with E-state index in [2.05, 4.69) is 26.3 Å². The first-order valence-corrected chi connectivity index (χ1v) is 8.20. The number of hydrogen-bond donors (Lipinski definition) is 3. The van der Waals surface area contributed by atoms with Crippen LogP contribution < -0.4 is 0 Å². The first-order chi connectivity index (χ1) is 11.9. The van der Waals surface area contributed by atoms with E-state index in [1.807, 2.05) is 0 Å². The Labute approximate surface area is 149 Å². The summed E-state index contributed by atoms with van der Waals surface area (Å²) in [6.07, 6.45) is 3.87. The van der Waals surface area contributed by atoms with Gasteiger partial charge in [0, 0.05) is 20.0 Å². The molecule has 5 atom stereocenters. The highest BCUT2D eigenvalue weighted by atomic mass is 16.7. The van der Waals surface area contributed by atoms with Crippen LogP contribution in [-0.4, -0.2) is 64.8 Å². The van der Waals surface area contributed by atoms with E-state index in [1.54, 1.807) is 12.2 Å². The predicted octanol–water partition coefficient (Wildman–Crippen LogP) is 1.48. The largest absolute Gasteiger partial charge is 0.394 e. The minimum absolute atomic E-state index is 0.0126. The highest BCUT2D eigenvalue weighted by Crippen LogP contribution is 2.52. The molecule has 6 heteroatoms. The van der Waals surface area contributed by atoms with Gasteiger partial charge in [-0.15, -0.1) is 26.3 Å². The molecule has 0 radical (unpaired) electrons. The van der Waals surface area contributed by atoms with E-state index >= 15 is 0 Å². The Morgan fingerprint density at radius 3 is 2.08 bits per heavy atom. The fourth-order valence-corrected chi connectivity index (χ4v) is 3.65. The molecule has 1 rings (SSSR count). The molecule has 1 heterocycles. The fraction of sp³-hybridized carbons (Fsp3) is 0.579. The van der Waals surface area contributed by atoms with Crippen LogP contribution in [0.2, 0.25) is 0 Å². The zero-order valence-corrected chi connectivity index (χ0v) is 14.9. The maximum atomic E-state index is 11.6. The summed E-state index contributed by atoms with van der Waals surface area (Å²) >= 11 is 0. The van der Waals surface area contributed by atoms with E-state index in [0.29, 0.717) is 0 Å². The molecule has 142 valence electrons. The van der Waals surface area contributed by atoms with Crippen molar-refractivity contribution in [3.8, 4) is 0 Å². The third-order valence-electron chi connectivity index (χ3n) is 4.76. The van der Waals surface area contributed by atoms with Crippen LogP contribution in [0.5, 0.6) is 0 Å². The van der Waals surface area contributed by atoms with Crippen molar-refractivity contribution in [3.63, 3.8) is 0 Å². The number of hydrogen-bond acceptors (Lipinski definition) is 6. The predicted molar refractivity (Wildman–Crippen MR) is 96.0 cm³/mol. The topological polar surface area (TPSA) is 88.4 Å². The molecule has 0 spiro atoms. The van der Waals surface area contributed by atoms with Crippen molar-refractivity contribution in [2.45, 2.75) is 48.5 Å². The van der Waals surface area contributed by atoms with Crippen molar-refractivity contribution in [2.75, 3.05) is 20.3 Å². The lowest BCUT2D eigenvalue weighted by molar-refractivity contribution is -0.426. The van der Waals surface area contributed by atoms with Gasteiger partial charge in [-0.25, -0.2) is 0 Å². The Morgan fingerprint density at radius 2 is 1.64 bits per heavy atom. The molecule has 1 saturated heterocycles. The van der Waals surface area contributed by atoms with Crippen LogP contribution in [-0.2, 0) is 14.2 Å². The number of rotatable bonds is 11. The van der Waals surface area contributed by atoms with Gasteiger partial charge in [-0.3, -0.25) is 0 Å². The molecule has 0 unspecified atom stereocenters. The van der Waals surface area contributed by atoms with Gasteiger partial charge in [0.05, 0.1) is 13.2 Å². The van der Waals surface area contributed by atoms with Gasteiger partial charge in [0.1, 0.15) is 17.8 Å². The fourth-order valence-electron chi connectivity index (χ4n) is 3.65. The zero-order chi connectivity index (χ0) is 19.1. The Kier molecular flexibility index (Phi) is 7.74. The lowest BCUT2D eigenvalue weighted by atomic mass is 9.65. The number of ether oxygens (including phenoxy) is 3. The monoisotopic (exact) mass is 354 g/mol. The van der Waals surface area contributed by atoms with E-state index in [4.69, 9.17) is 14.2 Å². The van der Waals surface area contributed by atoms with Gasteiger partial charge in [-0.1, -0.05) is 24.3 Å². The summed E-state index contributed by atoms with van der Waals surface area (Å²) in [6, 6.07) is 0. The lowest BCUT2D eigenvalue weighted by Gasteiger charge is -2.62. The van der Waals surface area contributed by atoms with E-state index in [0.717, 1.165) is 0 Å². The molecule has 1 aliphatic rings. The van der Waals surface area contributed by atoms with Gasteiger partial charge < -0.3 is 29.5 Å². The summed E-state index contributed by atoms with van der Waals surface area (Å²) in [5.74, 6) is -1.50. The molecule has 1 aliphatic heterocycles. The minimum Gasteiger partial charge on any atom is -0.394 e. The Bertz CT molecular complexity index is 478. The van der Waals surface area contributed by atoms with Crippen molar-refractivity contribution in [1.82, 2.24) is 0 Å². The van der Waals surface area contributed by atoms with Gasteiger partial charge in [0.2, 0.25) is 5.79 Å². The van der Waals surface area contributed by atoms with Crippen LogP contribution in [0.3, 0.4) is 0 Å². The molecule has 0 aromatic heterocycles. The smallest absolute Gasteiger partial charge is 0.204 e. The Balaban J connectivity index is 3.73. The standard InChI is InChI=1S/C19H30O6/c1-6-10-17(22)16(21)15(14-20)25-19(23-5,12-8-3)18(17,11-7-2)24-13-9-4/h6-9,15-16,20-22H,1-4,10-14H2,5H3/t15-,16-,17+,18-,19+/m1/s1. The maximum absolute atomic E-state index is 11.6. The highest BCUT2D eigenvalue weighted by Gasteiger charge is 2.71. The second-order valence-electron chi connectivity index (χ2n) is 6.07. The molecular weight excluding hydrogens is 324 g/mol. The van der Waals surface area contributed by atoms with Crippen molar-refractivity contribution in [2.24, 2.45) is 0 Å². The van der Waals surface area contributed by atoms with Crippen molar-refractivity contribution < 1.29 is 29.5 Å². The van der Waals surface area contributed by atoms with Gasteiger partial charge in [-0.2, -0.15) is 0 Å². The van der Waals surface area contributed by atoms with Gasteiger partial charge >= 0.3 is 0 Å². The number of aliphatic hydroxyl groups is 3. The van der Waals surface area contributed by atoms with Crippen molar-refractivity contribution in [3.05, 3.63) is 50.6 Å². The zero-order valence-electron chi connectivity index (χ0n) is 14.9. The maximum Gasteiger partial charge on any atom is 0.204 e. The third-order valence-corrected chi connectivity index (χ3v) is 4.76. The van der Waals surface area contributed by atoms with Gasteiger partial charge in [0.15, 0.2) is 5.60 Å². The third kappa shape index (κ3) is 3.38. The molecule has 0 amide bonds. The van der Waals surface area contributed by atoms with E-state index in [-0.39, 0.29) is 25.9 Å². The molecule has 0 aliphatic carbocycles. The highest BCUT2D eigenvalue weighted by molar-refractivity contribution is 5.22.